The second-order valence-electron chi connectivity index (χ2n) is 8.01. The van der Waals surface area contributed by atoms with Crippen molar-refractivity contribution in [1.29, 1.82) is 0 Å². The quantitative estimate of drug-likeness (QED) is 0.818. The summed E-state index contributed by atoms with van der Waals surface area (Å²) >= 11 is 0. The highest BCUT2D eigenvalue weighted by Crippen LogP contribution is 2.23. The molecular weight excluding hydrogens is 368 g/mol. The van der Waals surface area contributed by atoms with Crippen molar-refractivity contribution in [3.05, 3.63) is 29.3 Å². The average Bonchev–Trinajstić information content (AvgIpc) is 2.71. The molecule has 2 saturated heterocycles. The molecule has 0 atom stereocenters. The van der Waals surface area contributed by atoms with Crippen LogP contribution >= 0.6 is 0 Å². The van der Waals surface area contributed by atoms with Crippen molar-refractivity contribution in [3.8, 4) is 0 Å². The summed E-state index contributed by atoms with van der Waals surface area (Å²) in [6, 6.07) is 6.60. The number of nitrogens with zero attached hydrogens (tertiary/aromatic N) is 3. The van der Waals surface area contributed by atoms with E-state index in [0.717, 1.165) is 39.0 Å². The highest BCUT2D eigenvalue weighted by Gasteiger charge is 2.26. The Morgan fingerprint density at radius 1 is 1.07 bits per heavy atom. The third-order valence-corrected chi connectivity index (χ3v) is 6.04. The van der Waals surface area contributed by atoms with Crippen molar-refractivity contribution in [1.82, 2.24) is 15.1 Å². The minimum atomic E-state index is -0.251. The van der Waals surface area contributed by atoms with Crippen molar-refractivity contribution in [2.45, 2.75) is 39.7 Å². The van der Waals surface area contributed by atoms with Gasteiger partial charge in [-0.15, -0.1) is 0 Å². The molecule has 0 aromatic heterocycles. The Hall–Kier alpha value is -2.28. The van der Waals surface area contributed by atoms with Gasteiger partial charge in [-0.3, -0.25) is 9.69 Å². The Labute approximate surface area is 174 Å². The molecule has 2 amide bonds. The van der Waals surface area contributed by atoms with Crippen molar-refractivity contribution < 1.29 is 14.3 Å². The fourth-order valence-electron chi connectivity index (χ4n) is 4.12. The number of anilines is 1. The van der Waals surface area contributed by atoms with Crippen molar-refractivity contribution in [2.24, 2.45) is 0 Å². The Morgan fingerprint density at radius 3 is 2.41 bits per heavy atom. The summed E-state index contributed by atoms with van der Waals surface area (Å²) in [5.41, 5.74) is 3.97. The van der Waals surface area contributed by atoms with Gasteiger partial charge < -0.3 is 19.9 Å². The number of hydrogen-bond acceptors (Lipinski definition) is 5. The van der Waals surface area contributed by atoms with E-state index in [1.165, 1.54) is 16.8 Å². The summed E-state index contributed by atoms with van der Waals surface area (Å²) in [5, 5.41) is 3.14. The fraction of sp³-hybridized carbons (Fsp3) is 0.636. The van der Waals surface area contributed by atoms with Crippen LogP contribution in [0, 0.1) is 13.8 Å². The molecule has 7 heteroatoms. The van der Waals surface area contributed by atoms with Crippen LogP contribution < -0.4 is 10.2 Å². The van der Waals surface area contributed by atoms with E-state index in [4.69, 9.17) is 4.74 Å². The van der Waals surface area contributed by atoms with Gasteiger partial charge >= 0.3 is 6.09 Å². The number of amides is 2. The van der Waals surface area contributed by atoms with Gasteiger partial charge in [0.25, 0.3) is 0 Å². The molecule has 2 aliphatic heterocycles. The molecule has 160 valence electrons. The summed E-state index contributed by atoms with van der Waals surface area (Å²) in [5.74, 6) is 0.0831. The number of aryl methyl sites for hydroxylation is 1. The van der Waals surface area contributed by atoms with E-state index in [-0.39, 0.29) is 18.0 Å². The number of ether oxygens (including phenoxy) is 1. The van der Waals surface area contributed by atoms with Gasteiger partial charge in [-0.05, 0) is 50.8 Å². The largest absolute Gasteiger partial charge is 0.450 e. The van der Waals surface area contributed by atoms with Gasteiger partial charge in [-0.25, -0.2) is 4.79 Å². The minimum absolute atomic E-state index is 0.0831. The zero-order valence-corrected chi connectivity index (χ0v) is 17.9. The molecule has 3 rings (SSSR count). The number of rotatable bonds is 5. The van der Waals surface area contributed by atoms with E-state index in [1.54, 1.807) is 4.90 Å². The maximum Gasteiger partial charge on any atom is 0.409 e. The maximum absolute atomic E-state index is 12.5. The summed E-state index contributed by atoms with van der Waals surface area (Å²) in [4.78, 5) is 30.6. The first kappa shape index (κ1) is 21.4. The lowest BCUT2D eigenvalue weighted by molar-refractivity contribution is -0.123. The summed E-state index contributed by atoms with van der Waals surface area (Å²) in [6.45, 7) is 11.9. The van der Waals surface area contributed by atoms with Gasteiger partial charge in [0.15, 0.2) is 0 Å². The summed E-state index contributed by atoms with van der Waals surface area (Å²) < 4.78 is 5.04. The molecule has 0 spiro atoms. The molecular formula is C22H34N4O3. The van der Waals surface area contributed by atoms with Crippen molar-refractivity contribution in [3.63, 3.8) is 0 Å². The van der Waals surface area contributed by atoms with E-state index in [9.17, 15) is 9.59 Å². The highest BCUT2D eigenvalue weighted by atomic mass is 16.6. The Bertz CT molecular complexity index is 708. The molecule has 0 aliphatic carbocycles. The molecule has 1 aromatic rings. The molecule has 1 N–H and O–H groups in total. The number of carbonyl (C=O) groups is 2. The van der Waals surface area contributed by atoms with Gasteiger partial charge in [-0.1, -0.05) is 12.1 Å². The molecule has 1 aromatic carbocycles. The van der Waals surface area contributed by atoms with Crippen LogP contribution in [-0.4, -0.2) is 80.3 Å². The molecule has 0 unspecified atom stereocenters. The second kappa shape index (κ2) is 9.96. The van der Waals surface area contributed by atoms with Gasteiger partial charge in [0, 0.05) is 51.0 Å². The van der Waals surface area contributed by atoms with Crippen LogP contribution in [0.25, 0.3) is 0 Å². The van der Waals surface area contributed by atoms with Crippen LogP contribution in [-0.2, 0) is 9.53 Å². The first-order valence-electron chi connectivity index (χ1n) is 10.7. The first-order chi connectivity index (χ1) is 14.0. The van der Waals surface area contributed by atoms with Crippen LogP contribution in [0.3, 0.4) is 0 Å². The van der Waals surface area contributed by atoms with Gasteiger partial charge in [0.1, 0.15) is 0 Å². The topological polar surface area (TPSA) is 65.1 Å². The third kappa shape index (κ3) is 5.63. The number of piperazine rings is 1. The molecule has 2 aliphatic rings. The zero-order chi connectivity index (χ0) is 20.8. The molecule has 0 bridgehead atoms. The highest BCUT2D eigenvalue weighted by molar-refractivity contribution is 5.78. The Morgan fingerprint density at radius 2 is 1.76 bits per heavy atom. The van der Waals surface area contributed by atoms with Crippen LogP contribution in [0.5, 0.6) is 0 Å². The van der Waals surface area contributed by atoms with Gasteiger partial charge in [0.05, 0.1) is 13.2 Å². The average molecular weight is 403 g/mol. The predicted molar refractivity (Wildman–Crippen MR) is 114 cm³/mol. The standard InChI is InChI=1S/C22H34N4O3/c1-4-29-22(28)26-10-8-19(9-11-26)23-21(27)16-24-12-14-25(15-13-24)20-7-5-6-17(2)18(20)3/h5-7,19H,4,8-16H2,1-3H3,(H,23,27). The number of carbonyl (C=O) groups excluding carboxylic acids is 2. The number of benzene rings is 1. The van der Waals surface area contributed by atoms with E-state index in [1.807, 2.05) is 6.92 Å². The Balaban J connectivity index is 1.39. The molecule has 29 heavy (non-hydrogen) atoms. The number of piperidine rings is 1. The molecule has 0 radical (unpaired) electrons. The third-order valence-electron chi connectivity index (χ3n) is 6.04. The van der Waals surface area contributed by atoms with Gasteiger partial charge in [-0.2, -0.15) is 0 Å². The maximum atomic E-state index is 12.5. The first-order valence-corrected chi connectivity index (χ1v) is 10.7. The summed E-state index contributed by atoms with van der Waals surface area (Å²) in [7, 11) is 0. The molecule has 0 saturated carbocycles. The smallest absolute Gasteiger partial charge is 0.409 e. The Kier molecular flexibility index (Phi) is 7.36. The van der Waals surface area contributed by atoms with E-state index < -0.39 is 0 Å². The minimum Gasteiger partial charge on any atom is -0.450 e. The van der Waals surface area contributed by atoms with Crippen molar-refractivity contribution >= 4 is 17.7 Å². The van der Waals surface area contributed by atoms with Gasteiger partial charge in [0.2, 0.25) is 5.91 Å². The number of nitrogens with one attached hydrogen (secondary N) is 1. The summed E-state index contributed by atoms with van der Waals surface area (Å²) in [6.07, 6.45) is 1.31. The molecule has 2 fully saturated rings. The molecule has 7 nitrogen and oxygen atoms in total. The zero-order valence-electron chi connectivity index (χ0n) is 17.9. The normalized spacial score (nSPS) is 18.6. The fourth-order valence-corrected chi connectivity index (χ4v) is 4.12. The van der Waals surface area contributed by atoms with E-state index in [2.05, 4.69) is 47.2 Å². The monoisotopic (exact) mass is 402 g/mol. The van der Waals surface area contributed by atoms with E-state index >= 15 is 0 Å². The molecule has 2 heterocycles. The SMILES string of the molecule is CCOC(=O)N1CCC(NC(=O)CN2CCN(c3cccc(C)c3C)CC2)CC1. The van der Waals surface area contributed by atoms with Crippen LogP contribution in [0.15, 0.2) is 18.2 Å². The van der Waals surface area contributed by atoms with Crippen LogP contribution in [0.4, 0.5) is 10.5 Å². The van der Waals surface area contributed by atoms with E-state index in [0.29, 0.717) is 26.2 Å². The lowest BCUT2D eigenvalue weighted by atomic mass is 10.1. The number of hydrogen-bond donors (Lipinski definition) is 1. The van der Waals surface area contributed by atoms with Crippen LogP contribution in [0.2, 0.25) is 0 Å². The lowest BCUT2D eigenvalue weighted by Gasteiger charge is -2.37. The van der Waals surface area contributed by atoms with Crippen molar-refractivity contribution in [2.75, 3.05) is 57.3 Å². The lowest BCUT2D eigenvalue weighted by Crippen LogP contribution is -2.52. The number of likely N-dealkylation sites (tertiary alicyclic amines) is 1. The predicted octanol–water partition coefficient (Wildman–Crippen LogP) is 2.16. The van der Waals surface area contributed by atoms with Crippen LogP contribution in [0.1, 0.15) is 30.9 Å². The second-order valence-corrected chi connectivity index (χ2v) is 8.01.